The van der Waals surface area contributed by atoms with Crippen LogP contribution in [0, 0.1) is 5.92 Å². The third-order valence-corrected chi connectivity index (χ3v) is 2.71. The molecule has 0 bridgehead atoms. The Hall–Kier alpha value is -2.04. The number of anilines is 1. The van der Waals surface area contributed by atoms with Crippen molar-refractivity contribution in [2.75, 3.05) is 12.3 Å². The Kier molecular flexibility index (Phi) is 3.50. The third kappa shape index (κ3) is 2.61. The molecule has 2 rings (SSSR count). The number of aromatic amines is 1. The molecule has 1 heterocycles. The van der Waals surface area contributed by atoms with E-state index in [2.05, 4.69) is 24.0 Å². The van der Waals surface area contributed by atoms with Crippen LogP contribution < -0.4 is 5.73 Å². The number of esters is 1. The van der Waals surface area contributed by atoms with Crippen molar-refractivity contribution >= 4 is 22.6 Å². The van der Waals surface area contributed by atoms with E-state index in [1.54, 1.807) is 18.2 Å². The molecular weight excluding hydrogens is 230 g/mol. The Bertz CT molecular complexity index is 560. The molecule has 5 nitrogen and oxygen atoms in total. The first kappa shape index (κ1) is 12.4. The summed E-state index contributed by atoms with van der Waals surface area (Å²) in [5.74, 6) is 0.0943. The number of fused-ring (bicyclic) bond motifs is 1. The number of nitrogens with one attached hydrogen (secondary N) is 1. The quantitative estimate of drug-likeness (QED) is 0.642. The molecule has 1 aromatic heterocycles. The van der Waals surface area contributed by atoms with Gasteiger partial charge in [-0.3, -0.25) is 5.10 Å². The topological polar surface area (TPSA) is 81.0 Å². The lowest BCUT2D eigenvalue weighted by atomic mass is 10.1. The minimum absolute atomic E-state index is 0.293. The summed E-state index contributed by atoms with van der Waals surface area (Å²) >= 11 is 0. The van der Waals surface area contributed by atoms with Crippen LogP contribution in [-0.4, -0.2) is 22.8 Å². The number of carbonyl (C=O) groups is 1. The summed E-state index contributed by atoms with van der Waals surface area (Å²) in [6.07, 6.45) is 0.843. The van der Waals surface area contributed by atoms with Crippen LogP contribution in [0.5, 0.6) is 0 Å². The minimum atomic E-state index is -0.410. The maximum Gasteiger partial charge on any atom is 0.359 e. The average Bonchev–Trinajstić information content (AvgIpc) is 2.71. The molecule has 0 spiro atoms. The second kappa shape index (κ2) is 5.08. The van der Waals surface area contributed by atoms with E-state index in [0.29, 0.717) is 29.3 Å². The van der Waals surface area contributed by atoms with Crippen molar-refractivity contribution in [3.05, 3.63) is 23.9 Å². The van der Waals surface area contributed by atoms with Crippen LogP contribution in [0.25, 0.3) is 10.9 Å². The highest BCUT2D eigenvalue weighted by atomic mass is 16.5. The van der Waals surface area contributed by atoms with E-state index in [1.165, 1.54) is 0 Å². The van der Waals surface area contributed by atoms with Crippen molar-refractivity contribution in [3.63, 3.8) is 0 Å². The lowest BCUT2D eigenvalue weighted by Gasteiger charge is -2.05. The van der Waals surface area contributed by atoms with Crippen molar-refractivity contribution in [1.29, 1.82) is 0 Å². The van der Waals surface area contributed by atoms with Crippen LogP contribution in [0.2, 0.25) is 0 Å². The minimum Gasteiger partial charge on any atom is -0.461 e. The molecule has 0 aliphatic heterocycles. The smallest absolute Gasteiger partial charge is 0.359 e. The van der Waals surface area contributed by atoms with Gasteiger partial charge in [-0.05, 0) is 30.5 Å². The molecule has 1 aromatic carbocycles. The molecule has 0 radical (unpaired) electrons. The Morgan fingerprint density at radius 1 is 1.50 bits per heavy atom. The number of benzene rings is 1. The number of nitrogens with two attached hydrogens (primary N) is 1. The molecule has 0 unspecified atom stereocenters. The Morgan fingerprint density at radius 3 is 3.00 bits per heavy atom. The van der Waals surface area contributed by atoms with Gasteiger partial charge in [-0.15, -0.1) is 0 Å². The molecule has 0 fully saturated rings. The van der Waals surface area contributed by atoms with Gasteiger partial charge >= 0.3 is 5.97 Å². The van der Waals surface area contributed by atoms with E-state index in [4.69, 9.17) is 10.5 Å². The molecule has 0 amide bonds. The molecule has 0 aliphatic rings. The van der Waals surface area contributed by atoms with Crippen molar-refractivity contribution < 1.29 is 9.53 Å². The number of H-pyrrole nitrogens is 1. The Labute approximate surface area is 105 Å². The van der Waals surface area contributed by atoms with Gasteiger partial charge in [-0.2, -0.15) is 5.10 Å². The standard InChI is InChI=1S/C13H17N3O2/c1-8(2)5-6-18-13(17)12-10-7-9(14)3-4-11(10)15-16-12/h3-4,7-8H,5-6,14H2,1-2H3,(H,15,16). The van der Waals surface area contributed by atoms with Gasteiger partial charge in [0.15, 0.2) is 5.69 Å². The van der Waals surface area contributed by atoms with Crippen molar-refractivity contribution in [1.82, 2.24) is 10.2 Å². The van der Waals surface area contributed by atoms with Crippen LogP contribution in [-0.2, 0) is 4.74 Å². The molecule has 0 saturated heterocycles. The van der Waals surface area contributed by atoms with Gasteiger partial charge in [0.2, 0.25) is 0 Å². The molecular formula is C13H17N3O2. The number of nitrogens with zero attached hydrogens (tertiary/aromatic N) is 1. The number of hydrogen-bond acceptors (Lipinski definition) is 4. The van der Waals surface area contributed by atoms with Crippen LogP contribution >= 0.6 is 0 Å². The summed E-state index contributed by atoms with van der Waals surface area (Å²) in [5, 5.41) is 7.47. The zero-order valence-corrected chi connectivity index (χ0v) is 10.6. The molecule has 2 aromatic rings. The summed E-state index contributed by atoms with van der Waals surface area (Å²) in [5.41, 5.74) is 7.37. The van der Waals surface area contributed by atoms with Crippen molar-refractivity contribution in [3.8, 4) is 0 Å². The van der Waals surface area contributed by atoms with Gasteiger partial charge in [-0.25, -0.2) is 4.79 Å². The fourth-order valence-electron chi connectivity index (χ4n) is 1.64. The first-order valence-corrected chi connectivity index (χ1v) is 5.98. The fraction of sp³-hybridized carbons (Fsp3) is 0.385. The van der Waals surface area contributed by atoms with Gasteiger partial charge < -0.3 is 10.5 Å². The van der Waals surface area contributed by atoms with Crippen LogP contribution in [0.1, 0.15) is 30.8 Å². The van der Waals surface area contributed by atoms with Crippen molar-refractivity contribution in [2.45, 2.75) is 20.3 Å². The Morgan fingerprint density at radius 2 is 2.28 bits per heavy atom. The first-order chi connectivity index (χ1) is 8.58. The maximum absolute atomic E-state index is 11.9. The SMILES string of the molecule is CC(C)CCOC(=O)c1n[nH]c2ccc(N)cc12. The molecule has 0 saturated carbocycles. The number of nitrogen functional groups attached to an aromatic ring is 1. The molecule has 0 atom stereocenters. The Balaban J connectivity index is 2.15. The summed E-state index contributed by atoms with van der Waals surface area (Å²) < 4.78 is 5.18. The van der Waals surface area contributed by atoms with E-state index < -0.39 is 5.97 Å². The van der Waals surface area contributed by atoms with E-state index in [-0.39, 0.29) is 0 Å². The first-order valence-electron chi connectivity index (χ1n) is 5.98. The predicted octanol–water partition coefficient (Wildman–Crippen LogP) is 2.35. The lowest BCUT2D eigenvalue weighted by Crippen LogP contribution is -2.09. The number of hydrogen-bond donors (Lipinski definition) is 2. The monoisotopic (exact) mass is 247 g/mol. The van der Waals surface area contributed by atoms with Gasteiger partial charge in [0.05, 0.1) is 12.1 Å². The summed E-state index contributed by atoms with van der Waals surface area (Å²) in [6.45, 7) is 4.57. The second-order valence-electron chi connectivity index (χ2n) is 4.70. The molecule has 3 N–H and O–H groups in total. The summed E-state index contributed by atoms with van der Waals surface area (Å²) in [6, 6.07) is 5.27. The van der Waals surface area contributed by atoms with Crippen molar-refractivity contribution in [2.24, 2.45) is 5.92 Å². The number of rotatable bonds is 4. The van der Waals surface area contributed by atoms with Gasteiger partial charge in [0, 0.05) is 11.1 Å². The van der Waals surface area contributed by atoms with E-state index >= 15 is 0 Å². The molecule has 0 aliphatic carbocycles. The second-order valence-corrected chi connectivity index (χ2v) is 4.70. The highest BCUT2D eigenvalue weighted by molar-refractivity contribution is 6.02. The zero-order chi connectivity index (χ0) is 13.1. The van der Waals surface area contributed by atoms with E-state index in [0.717, 1.165) is 11.9 Å². The summed E-state index contributed by atoms with van der Waals surface area (Å²) in [4.78, 5) is 11.9. The number of ether oxygens (including phenoxy) is 1. The third-order valence-electron chi connectivity index (χ3n) is 2.71. The largest absolute Gasteiger partial charge is 0.461 e. The summed E-state index contributed by atoms with van der Waals surface area (Å²) in [7, 11) is 0. The van der Waals surface area contributed by atoms with Gasteiger partial charge in [-0.1, -0.05) is 13.8 Å². The normalized spacial score (nSPS) is 11.1. The van der Waals surface area contributed by atoms with Crippen LogP contribution in [0.3, 0.4) is 0 Å². The van der Waals surface area contributed by atoms with Crippen LogP contribution in [0.4, 0.5) is 5.69 Å². The average molecular weight is 247 g/mol. The van der Waals surface area contributed by atoms with Gasteiger partial charge in [0.25, 0.3) is 0 Å². The highest BCUT2D eigenvalue weighted by Crippen LogP contribution is 2.19. The molecule has 18 heavy (non-hydrogen) atoms. The van der Waals surface area contributed by atoms with E-state index in [1.807, 2.05) is 0 Å². The highest BCUT2D eigenvalue weighted by Gasteiger charge is 2.15. The number of aromatic nitrogens is 2. The number of carbonyl (C=O) groups excluding carboxylic acids is 1. The van der Waals surface area contributed by atoms with Crippen LogP contribution in [0.15, 0.2) is 18.2 Å². The zero-order valence-electron chi connectivity index (χ0n) is 10.6. The van der Waals surface area contributed by atoms with Gasteiger partial charge in [0.1, 0.15) is 0 Å². The van der Waals surface area contributed by atoms with E-state index in [9.17, 15) is 4.79 Å². The molecule has 96 valence electrons. The predicted molar refractivity (Wildman–Crippen MR) is 70.2 cm³/mol. The lowest BCUT2D eigenvalue weighted by molar-refractivity contribution is 0.0483. The maximum atomic E-state index is 11.9. The fourth-order valence-corrected chi connectivity index (χ4v) is 1.64. The molecule has 5 heteroatoms.